The lowest BCUT2D eigenvalue weighted by Crippen LogP contribution is -2.12. The van der Waals surface area contributed by atoms with E-state index in [0.717, 1.165) is 16.3 Å². The van der Waals surface area contributed by atoms with Crippen LogP contribution >= 0.6 is 11.3 Å². The molecule has 2 aromatic carbocycles. The normalized spacial score (nSPS) is 11.5. The SMILES string of the molecule is CS(=O)(=O)c1ccc(C(=O)Nc2ccc3sccc3c2)cc1. The van der Waals surface area contributed by atoms with E-state index in [2.05, 4.69) is 5.32 Å². The van der Waals surface area contributed by atoms with Crippen molar-refractivity contribution in [1.29, 1.82) is 0 Å². The van der Waals surface area contributed by atoms with Gasteiger partial charge >= 0.3 is 0 Å². The molecule has 22 heavy (non-hydrogen) atoms. The first-order chi connectivity index (χ1) is 10.4. The molecule has 112 valence electrons. The summed E-state index contributed by atoms with van der Waals surface area (Å²) < 4.78 is 24.0. The monoisotopic (exact) mass is 331 g/mol. The van der Waals surface area contributed by atoms with Gasteiger partial charge in [0.15, 0.2) is 9.84 Å². The summed E-state index contributed by atoms with van der Waals surface area (Å²) in [7, 11) is -3.25. The number of benzene rings is 2. The molecule has 0 saturated carbocycles. The number of carbonyl (C=O) groups is 1. The van der Waals surface area contributed by atoms with Crippen molar-refractivity contribution in [3.63, 3.8) is 0 Å². The molecular weight excluding hydrogens is 318 g/mol. The van der Waals surface area contributed by atoms with Gasteiger partial charge in [-0.15, -0.1) is 11.3 Å². The van der Waals surface area contributed by atoms with Gasteiger partial charge in [0.05, 0.1) is 4.90 Å². The van der Waals surface area contributed by atoms with E-state index in [4.69, 9.17) is 0 Å². The second kappa shape index (κ2) is 5.55. The van der Waals surface area contributed by atoms with Gasteiger partial charge in [-0.05, 0) is 59.3 Å². The number of anilines is 1. The highest BCUT2D eigenvalue weighted by atomic mass is 32.2. The Morgan fingerprint density at radius 2 is 1.77 bits per heavy atom. The Labute approximate surface area is 132 Å². The summed E-state index contributed by atoms with van der Waals surface area (Å²) in [5.41, 5.74) is 1.13. The highest BCUT2D eigenvalue weighted by molar-refractivity contribution is 7.90. The van der Waals surface area contributed by atoms with Crippen molar-refractivity contribution in [3.05, 3.63) is 59.5 Å². The number of hydrogen-bond acceptors (Lipinski definition) is 4. The molecule has 6 heteroatoms. The zero-order chi connectivity index (χ0) is 15.7. The summed E-state index contributed by atoms with van der Waals surface area (Å²) in [5, 5.41) is 5.89. The number of sulfone groups is 1. The maximum Gasteiger partial charge on any atom is 0.255 e. The van der Waals surface area contributed by atoms with Gasteiger partial charge < -0.3 is 5.32 Å². The van der Waals surface area contributed by atoms with Crippen LogP contribution in [0.2, 0.25) is 0 Å². The number of fused-ring (bicyclic) bond motifs is 1. The van der Waals surface area contributed by atoms with Crippen LogP contribution in [-0.2, 0) is 9.84 Å². The molecule has 3 rings (SSSR count). The Morgan fingerprint density at radius 3 is 2.45 bits per heavy atom. The van der Waals surface area contributed by atoms with Crippen LogP contribution in [0.1, 0.15) is 10.4 Å². The molecule has 0 radical (unpaired) electrons. The molecule has 0 unspecified atom stereocenters. The maximum absolute atomic E-state index is 12.2. The fourth-order valence-electron chi connectivity index (χ4n) is 2.10. The van der Waals surface area contributed by atoms with Crippen LogP contribution in [0, 0.1) is 0 Å². The second-order valence-electron chi connectivity index (χ2n) is 4.92. The van der Waals surface area contributed by atoms with E-state index in [1.165, 1.54) is 24.3 Å². The van der Waals surface area contributed by atoms with Crippen molar-refractivity contribution in [2.24, 2.45) is 0 Å². The lowest BCUT2D eigenvalue weighted by Gasteiger charge is -2.06. The van der Waals surface area contributed by atoms with Gasteiger partial charge in [-0.1, -0.05) is 0 Å². The molecule has 0 fully saturated rings. The molecule has 1 amide bonds. The molecule has 0 atom stereocenters. The Hall–Kier alpha value is -2.18. The van der Waals surface area contributed by atoms with Crippen molar-refractivity contribution < 1.29 is 13.2 Å². The van der Waals surface area contributed by atoms with Crippen LogP contribution in [0.15, 0.2) is 58.8 Å². The minimum absolute atomic E-state index is 0.198. The van der Waals surface area contributed by atoms with Crippen LogP contribution in [0.5, 0.6) is 0 Å². The molecule has 0 spiro atoms. The molecule has 0 aliphatic heterocycles. The van der Waals surface area contributed by atoms with Gasteiger partial charge in [-0.25, -0.2) is 8.42 Å². The number of thiophene rings is 1. The molecule has 3 aromatic rings. The summed E-state index contributed by atoms with van der Waals surface area (Å²) in [6, 6.07) is 13.6. The number of carbonyl (C=O) groups excluding carboxylic acids is 1. The Bertz CT molecular complexity index is 941. The Kier molecular flexibility index (Phi) is 3.72. The third-order valence-electron chi connectivity index (χ3n) is 3.25. The quantitative estimate of drug-likeness (QED) is 0.798. The van der Waals surface area contributed by atoms with Crippen LogP contribution in [0.3, 0.4) is 0 Å². The third-order valence-corrected chi connectivity index (χ3v) is 5.28. The van der Waals surface area contributed by atoms with Crippen molar-refractivity contribution >= 4 is 42.9 Å². The van der Waals surface area contributed by atoms with Gasteiger partial charge in [-0.2, -0.15) is 0 Å². The fraction of sp³-hybridized carbons (Fsp3) is 0.0625. The molecule has 1 aromatic heterocycles. The predicted molar refractivity (Wildman–Crippen MR) is 89.3 cm³/mol. The van der Waals surface area contributed by atoms with Gasteiger partial charge in [0.25, 0.3) is 5.91 Å². The lowest BCUT2D eigenvalue weighted by molar-refractivity contribution is 0.102. The van der Waals surface area contributed by atoms with Crippen molar-refractivity contribution in [3.8, 4) is 0 Å². The fourth-order valence-corrected chi connectivity index (χ4v) is 3.50. The zero-order valence-electron chi connectivity index (χ0n) is 11.7. The predicted octanol–water partition coefficient (Wildman–Crippen LogP) is 3.56. The minimum Gasteiger partial charge on any atom is -0.322 e. The van der Waals surface area contributed by atoms with E-state index in [-0.39, 0.29) is 10.8 Å². The first-order valence-corrected chi connectivity index (χ1v) is 9.29. The number of amides is 1. The van der Waals surface area contributed by atoms with E-state index in [9.17, 15) is 13.2 Å². The van der Waals surface area contributed by atoms with E-state index in [1.807, 2.05) is 29.6 Å². The van der Waals surface area contributed by atoms with Gasteiger partial charge in [0, 0.05) is 22.2 Å². The Balaban J connectivity index is 1.81. The second-order valence-corrected chi connectivity index (χ2v) is 7.89. The van der Waals surface area contributed by atoms with E-state index in [1.54, 1.807) is 11.3 Å². The topological polar surface area (TPSA) is 63.2 Å². The molecule has 0 bridgehead atoms. The largest absolute Gasteiger partial charge is 0.322 e. The highest BCUT2D eigenvalue weighted by Crippen LogP contribution is 2.24. The van der Waals surface area contributed by atoms with Crippen molar-refractivity contribution in [1.82, 2.24) is 0 Å². The van der Waals surface area contributed by atoms with E-state index < -0.39 is 9.84 Å². The molecule has 4 nitrogen and oxygen atoms in total. The number of rotatable bonds is 3. The van der Waals surface area contributed by atoms with Gasteiger partial charge in [0.1, 0.15) is 0 Å². The molecule has 1 N–H and O–H groups in total. The summed E-state index contributed by atoms with van der Waals surface area (Å²) in [6.07, 6.45) is 1.14. The smallest absolute Gasteiger partial charge is 0.255 e. The average molecular weight is 331 g/mol. The zero-order valence-corrected chi connectivity index (χ0v) is 13.4. The maximum atomic E-state index is 12.2. The first kappa shape index (κ1) is 14.7. The van der Waals surface area contributed by atoms with E-state index in [0.29, 0.717) is 11.3 Å². The van der Waals surface area contributed by atoms with E-state index >= 15 is 0 Å². The first-order valence-electron chi connectivity index (χ1n) is 6.52. The van der Waals surface area contributed by atoms with Crippen LogP contribution in [-0.4, -0.2) is 20.6 Å². The minimum atomic E-state index is -3.25. The standard InChI is InChI=1S/C16H13NO3S2/c1-22(19,20)14-5-2-11(3-6-14)16(18)17-13-4-7-15-12(10-13)8-9-21-15/h2-10H,1H3,(H,17,18). The highest BCUT2D eigenvalue weighted by Gasteiger charge is 2.10. The summed E-state index contributed by atoms with van der Waals surface area (Å²) >= 11 is 1.65. The summed E-state index contributed by atoms with van der Waals surface area (Å²) in [4.78, 5) is 12.4. The number of hydrogen-bond donors (Lipinski definition) is 1. The van der Waals surface area contributed by atoms with Crippen LogP contribution in [0.4, 0.5) is 5.69 Å². The van der Waals surface area contributed by atoms with Gasteiger partial charge in [-0.3, -0.25) is 4.79 Å². The molecule has 0 aliphatic carbocycles. The molecule has 1 heterocycles. The molecule has 0 saturated heterocycles. The Morgan fingerprint density at radius 1 is 1.05 bits per heavy atom. The van der Waals surface area contributed by atoms with Gasteiger partial charge in [0.2, 0.25) is 0 Å². The van der Waals surface area contributed by atoms with Crippen molar-refractivity contribution in [2.45, 2.75) is 4.90 Å². The third kappa shape index (κ3) is 3.03. The average Bonchev–Trinajstić information content (AvgIpc) is 2.94. The number of nitrogens with one attached hydrogen (secondary N) is 1. The summed E-state index contributed by atoms with van der Waals surface area (Å²) in [6.45, 7) is 0. The molecule has 0 aliphatic rings. The lowest BCUT2D eigenvalue weighted by atomic mass is 10.2. The summed E-state index contributed by atoms with van der Waals surface area (Å²) in [5.74, 6) is -0.269. The van der Waals surface area contributed by atoms with Crippen LogP contribution < -0.4 is 5.32 Å². The molecular formula is C16H13NO3S2. The van der Waals surface area contributed by atoms with Crippen molar-refractivity contribution in [2.75, 3.05) is 11.6 Å². The van der Waals surface area contributed by atoms with Crippen LogP contribution in [0.25, 0.3) is 10.1 Å².